The van der Waals surface area contributed by atoms with Crippen molar-refractivity contribution in [1.82, 2.24) is 4.90 Å². The van der Waals surface area contributed by atoms with E-state index in [1.54, 1.807) is 18.2 Å². The molecule has 0 radical (unpaired) electrons. The van der Waals surface area contributed by atoms with Gasteiger partial charge in [0.25, 0.3) is 0 Å². The van der Waals surface area contributed by atoms with Gasteiger partial charge in [-0.25, -0.2) is 0 Å². The fraction of sp³-hybridized carbons (Fsp3) is 0.409. The van der Waals surface area contributed by atoms with Crippen molar-refractivity contribution in [3.8, 4) is 17.2 Å². The fourth-order valence-corrected chi connectivity index (χ4v) is 3.60. The van der Waals surface area contributed by atoms with E-state index in [2.05, 4.69) is 10.2 Å². The Balaban J connectivity index is 1.65. The third-order valence-corrected chi connectivity index (χ3v) is 5.04. The smallest absolute Gasteiger partial charge is 0.238 e. The summed E-state index contributed by atoms with van der Waals surface area (Å²) >= 11 is 6.13. The van der Waals surface area contributed by atoms with Crippen molar-refractivity contribution in [3.05, 3.63) is 47.5 Å². The molecule has 0 spiro atoms. The van der Waals surface area contributed by atoms with E-state index in [9.17, 15) is 9.90 Å². The van der Waals surface area contributed by atoms with Crippen LogP contribution < -0.4 is 14.8 Å². The summed E-state index contributed by atoms with van der Waals surface area (Å²) in [5.74, 6) is 2.02. The summed E-state index contributed by atoms with van der Waals surface area (Å²) in [5.41, 5.74) is 0.520. The van der Waals surface area contributed by atoms with E-state index < -0.39 is 0 Å². The third kappa shape index (κ3) is 6.35. The molecule has 1 unspecified atom stereocenters. The number of halogens is 1. The Morgan fingerprint density at radius 3 is 2.72 bits per heavy atom. The second kappa shape index (κ2) is 10.5. The van der Waals surface area contributed by atoms with Crippen molar-refractivity contribution < 1.29 is 19.4 Å². The third-order valence-electron chi connectivity index (χ3n) is 4.81. The number of aliphatic hydroxyl groups excluding tert-OH is 1. The highest BCUT2D eigenvalue weighted by atomic mass is 35.5. The number of hydrogen-bond acceptors (Lipinski definition) is 5. The molecule has 0 aromatic heterocycles. The molecule has 2 aromatic carbocycles. The lowest BCUT2D eigenvalue weighted by Crippen LogP contribution is -2.41. The molecule has 1 aliphatic heterocycles. The first-order valence-electron chi connectivity index (χ1n) is 9.90. The van der Waals surface area contributed by atoms with Crippen molar-refractivity contribution in [3.63, 3.8) is 0 Å². The van der Waals surface area contributed by atoms with Crippen molar-refractivity contribution in [2.24, 2.45) is 5.92 Å². The predicted octanol–water partition coefficient (Wildman–Crippen LogP) is 4.17. The highest BCUT2D eigenvalue weighted by molar-refractivity contribution is 6.31. The first kappa shape index (κ1) is 21.4. The largest absolute Gasteiger partial charge is 0.494 e. The Morgan fingerprint density at radius 2 is 2.00 bits per heavy atom. The number of hydrogen-bond donors (Lipinski definition) is 2. The monoisotopic (exact) mass is 418 g/mol. The highest BCUT2D eigenvalue weighted by Crippen LogP contribution is 2.33. The van der Waals surface area contributed by atoms with Crippen LogP contribution >= 0.6 is 11.6 Å². The number of nitrogens with zero attached hydrogens (tertiary/aromatic N) is 1. The minimum absolute atomic E-state index is 0.137. The van der Waals surface area contributed by atoms with Crippen LogP contribution in [0, 0.1) is 5.92 Å². The van der Waals surface area contributed by atoms with E-state index >= 15 is 0 Å². The molecule has 2 aromatic rings. The van der Waals surface area contributed by atoms with Crippen LogP contribution in [0.1, 0.15) is 19.8 Å². The van der Waals surface area contributed by atoms with Gasteiger partial charge in [0.05, 0.1) is 18.8 Å². The minimum Gasteiger partial charge on any atom is -0.494 e. The van der Waals surface area contributed by atoms with E-state index in [0.29, 0.717) is 28.8 Å². The van der Waals surface area contributed by atoms with Gasteiger partial charge in [0.1, 0.15) is 11.5 Å². The van der Waals surface area contributed by atoms with Crippen LogP contribution in [-0.4, -0.2) is 48.8 Å². The lowest BCUT2D eigenvalue weighted by atomic mass is 9.99. The summed E-state index contributed by atoms with van der Waals surface area (Å²) in [6.45, 7) is 4.55. The Bertz CT molecular complexity index is 813. The number of piperidine rings is 1. The van der Waals surface area contributed by atoms with Crippen molar-refractivity contribution in [2.75, 3.05) is 38.2 Å². The normalized spacial score (nSPS) is 17.0. The SMILES string of the molecule is CCOc1ccc(Oc2ccc(Cl)cc2NC(=O)CN2CCCC(CO)C2)cc1. The van der Waals surface area contributed by atoms with Crippen LogP contribution in [0.5, 0.6) is 17.2 Å². The minimum atomic E-state index is -0.137. The van der Waals surface area contributed by atoms with Gasteiger partial charge in [0.2, 0.25) is 5.91 Å². The molecule has 7 heteroatoms. The number of carbonyl (C=O) groups is 1. The number of aliphatic hydroxyl groups is 1. The molecule has 0 bridgehead atoms. The molecule has 29 heavy (non-hydrogen) atoms. The highest BCUT2D eigenvalue weighted by Gasteiger charge is 2.21. The molecule has 3 rings (SSSR count). The van der Waals surface area contributed by atoms with Crippen molar-refractivity contribution in [2.45, 2.75) is 19.8 Å². The average molecular weight is 419 g/mol. The molecule has 1 saturated heterocycles. The zero-order valence-corrected chi connectivity index (χ0v) is 17.3. The van der Waals surface area contributed by atoms with Crippen molar-refractivity contribution in [1.29, 1.82) is 0 Å². The molecule has 1 atom stereocenters. The summed E-state index contributed by atoms with van der Waals surface area (Å²) in [6.07, 6.45) is 1.99. The van der Waals surface area contributed by atoms with E-state index in [1.807, 2.05) is 31.2 Å². The van der Waals surface area contributed by atoms with Gasteiger partial charge in [0, 0.05) is 18.2 Å². The topological polar surface area (TPSA) is 71.0 Å². The summed E-state index contributed by atoms with van der Waals surface area (Å²) < 4.78 is 11.4. The maximum atomic E-state index is 12.6. The number of carbonyl (C=O) groups excluding carboxylic acids is 1. The van der Waals surface area contributed by atoms with E-state index in [4.69, 9.17) is 21.1 Å². The molecule has 1 amide bonds. The molecule has 0 saturated carbocycles. The molecule has 1 fully saturated rings. The van der Waals surface area contributed by atoms with Gasteiger partial charge >= 0.3 is 0 Å². The van der Waals surface area contributed by atoms with Gasteiger partial charge in [-0.3, -0.25) is 9.69 Å². The average Bonchev–Trinajstić information content (AvgIpc) is 2.71. The summed E-state index contributed by atoms with van der Waals surface area (Å²) in [7, 11) is 0. The molecule has 2 N–H and O–H groups in total. The summed E-state index contributed by atoms with van der Waals surface area (Å²) in [4.78, 5) is 14.6. The number of ether oxygens (including phenoxy) is 2. The number of anilines is 1. The lowest BCUT2D eigenvalue weighted by molar-refractivity contribution is -0.117. The summed E-state index contributed by atoms with van der Waals surface area (Å²) in [6, 6.07) is 12.4. The number of amides is 1. The maximum absolute atomic E-state index is 12.6. The quantitative estimate of drug-likeness (QED) is 0.673. The van der Waals surface area contributed by atoms with Crippen LogP contribution in [0.15, 0.2) is 42.5 Å². The van der Waals surface area contributed by atoms with Gasteiger partial charge in [0.15, 0.2) is 5.75 Å². The van der Waals surface area contributed by atoms with Gasteiger partial charge in [-0.2, -0.15) is 0 Å². The summed E-state index contributed by atoms with van der Waals surface area (Å²) in [5, 5.41) is 12.8. The van der Waals surface area contributed by atoms with E-state index in [1.165, 1.54) is 0 Å². The van der Waals surface area contributed by atoms with Gasteiger partial charge in [-0.1, -0.05) is 11.6 Å². The zero-order chi connectivity index (χ0) is 20.6. The second-order valence-corrected chi connectivity index (χ2v) is 7.56. The van der Waals surface area contributed by atoms with Crippen LogP contribution in [0.25, 0.3) is 0 Å². The van der Waals surface area contributed by atoms with Gasteiger partial charge in [-0.15, -0.1) is 0 Å². The van der Waals surface area contributed by atoms with Gasteiger partial charge < -0.3 is 19.9 Å². The molecule has 0 aliphatic carbocycles. The zero-order valence-electron chi connectivity index (χ0n) is 16.6. The number of nitrogens with one attached hydrogen (secondary N) is 1. The fourth-order valence-electron chi connectivity index (χ4n) is 3.42. The first-order chi connectivity index (χ1) is 14.1. The van der Waals surface area contributed by atoms with Gasteiger partial charge in [-0.05, 0) is 74.7 Å². The number of likely N-dealkylation sites (tertiary alicyclic amines) is 1. The Morgan fingerprint density at radius 1 is 1.24 bits per heavy atom. The first-order valence-corrected chi connectivity index (χ1v) is 10.3. The van der Waals surface area contributed by atoms with E-state index in [0.717, 1.165) is 31.7 Å². The Hall–Kier alpha value is -2.28. The van der Waals surface area contributed by atoms with Crippen LogP contribution in [0.4, 0.5) is 5.69 Å². The Labute approximate surface area is 176 Å². The number of benzene rings is 2. The maximum Gasteiger partial charge on any atom is 0.238 e. The van der Waals surface area contributed by atoms with Crippen LogP contribution in [-0.2, 0) is 4.79 Å². The van der Waals surface area contributed by atoms with Crippen LogP contribution in [0.2, 0.25) is 5.02 Å². The molecular formula is C22H27ClN2O4. The lowest BCUT2D eigenvalue weighted by Gasteiger charge is -2.31. The molecule has 156 valence electrons. The molecular weight excluding hydrogens is 392 g/mol. The standard InChI is InChI=1S/C22H27ClN2O4/c1-2-28-18-6-8-19(9-7-18)29-21-10-5-17(23)12-20(21)24-22(27)14-25-11-3-4-16(13-25)15-26/h5-10,12,16,26H,2-4,11,13-15H2,1H3,(H,24,27). The second-order valence-electron chi connectivity index (χ2n) is 7.12. The Kier molecular flexibility index (Phi) is 7.75. The number of rotatable bonds is 8. The molecule has 1 heterocycles. The molecule has 1 aliphatic rings. The molecule has 6 nitrogen and oxygen atoms in total. The van der Waals surface area contributed by atoms with Crippen molar-refractivity contribution >= 4 is 23.2 Å². The van der Waals surface area contributed by atoms with E-state index in [-0.39, 0.29) is 25.0 Å². The predicted molar refractivity (Wildman–Crippen MR) is 114 cm³/mol. The van der Waals surface area contributed by atoms with Crippen LogP contribution in [0.3, 0.4) is 0 Å².